The van der Waals surface area contributed by atoms with Crippen molar-refractivity contribution in [3.05, 3.63) is 54.6 Å². The quantitative estimate of drug-likeness (QED) is 0.553. The molecule has 0 amide bonds. The summed E-state index contributed by atoms with van der Waals surface area (Å²) in [6, 6.07) is 15.9. The number of fused-ring (bicyclic) bond motifs is 1. The van der Waals surface area contributed by atoms with Gasteiger partial charge in [-0.25, -0.2) is 4.98 Å². The SMILES string of the molecule is O=S(=O)(O)[n+]1c(-c2ccccc2)[nH]c2ccccc21. The van der Waals surface area contributed by atoms with Crippen LogP contribution in [0.25, 0.3) is 22.4 Å². The summed E-state index contributed by atoms with van der Waals surface area (Å²) in [4.78, 5) is 3.01. The topological polar surface area (TPSA) is 74.0 Å². The van der Waals surface area contributed by atoms with E-state index in [-0.39, 0.29) is 0 Å². The largest absolute Gasteiger partial charge is 0.440 e. The first-order valence-electron chi connectivity index (χ1n) is 5.63. The third-order valence-corrected chi connectivity index (χ3v) is 3.70. The molecule has 0 radical (unpaired) electrons. The average Bonchev–Trinajstić information content (AvgIpc) is 2.79. The Hall–Kier alpha value is -2.18. The molecule has 5 nitrogen and oxygen atoms in total. The lowest BCUT2D eigenvalue weighted by Crippen LogP contribution is -2.43. The molecule has 19 heavy (non-hydrogen) atoms. The van der Waals surface area contributed by atoms with Crippen LogP contribution in [0.1, 0.15) is 0 Å². The Morgan fingerprint density at radius 1 is 0.947 bits per heavy atom. The molecule has 96 valence electrons. The third kappa shape index (κ3) is 2.00. The number of nitrogens with one attached hydrogen (secondary N) is 1. The summed E-state index contributed by atoms with van der Waals surface area (Å²) in [7, 11) is -4.38. The Morgan fingerprint density at radius 2 is 1.58 bits per heavy atom. The summed E-state index contributed by atoms with van der Waals surface area (Å²) in [5.41, 5.74) is 1.72. The Balaban J connectivity index is 2.43. The van der Waals surface area contributed by atoms with Crippen LogP contribution in [0.15, 0.2) is 54.6 Å². The predicted octanol–water partition coefficient (Wildman–Crippen LogP) is 1.77. The monoisotopic (exact) mass is 275 g/mol. The molecule has 0 aliphatic heterocycles. The molecule has 0 aliphatic carbocycles. The van der Waals surface area contributed by atoms with Crippen LogP contribution in [0, 0.1) is 0 Å². The zero-order chi connectivity index (χ0) is 13.5. The van der Waals surface area contributed by atoms with E-state index >= 15 is 0 Å². The molecule has 1 heterocycles. The highest BCUT2D eigenvalue weighted by Crippen LogP contribution is 2.19. The van der Waals surface area contributed by atoms with Crippen molar-refractivity contribution >= 4 is 21.3 Å². The van der Waals surface area contributed by atoms with Gasteiger partial charge in [0.05, 0.1) is 5.56 Å². The van der Waals surface area contributed by atoms with E-state index in [0.717, 1.165) is 3.97 Å². The van der Waals surface area contributed by atoms with Crippen LogP contribution in [0.2, 0.25) is 0 Å². The van der Waals surface area contributed by atoms with E-state index in [9.17, 15) is 13.0 Å². The van der Waals surface area contributed by atoms with E-state index < -0.39 is 10.3 Å². The fraction of sp³-hybridized carbons (Fsp3) is 0. The maximum Gasteiger partial charge on any atom is 0.440 e. The number of rotatable bonds is 2. The van der Waals surface area contributed by atoms with Gasteiger partial charge in [0, 0.05) is 0 Å². The lowest BCUT2D eigenvalue weighted by molar-refractivity contribution is -0.476. The predicted molar refractivity (Wildman–Crippen MR) is 70.9 cm³/mol. The lowest BCUT2D eigenvalue weighted by Gasteiger charge is -1.97. The maximum atomic E-state index is 11.6. The molecule has 3 aromatic rings. The average molecular weight is 275 g/mol. The second-order valence-corrected chi connectivity index (χ2v) is 5.36. The van der Waals surface area contributed by atoms with E-state index in [1.165, 1.54) is 0 Å². The highest BCUT2D eigenvalue weighted by Gasteiger charge is 2.28. The van der Waals surface area contributed by atoms with Gasteiger partial charge in [-0.05, 0) is 24.3 Å². The molecule has 0 spiro atoms. The Morgan fingerprint density at radius 3 is 2.26 bits per heavy atom. The van der Waals surface area contributed by atoms with Crippen molar-refractivity contribution in [3.63, 3.8) is 0 Å². The first-order valence-corrected chi connectivity index (χ1v) is 7.03. The normalized spacial score (nSPS) is 11.8. The van der Waals surface area contributed by atoms with Crippen LogP contribution < -0.4 is 3.97 Å². The number of aromatic amines is 1. The zero-order valence-corrected chi connectivity index (χ0v) is 10.6. The first kappa shape index (κ1) is 11.9. The van der Waals surface area contributed by atoms with Crippen molar-refractivity contribution < 1.29 is 16.9 Å². The van der Waals surface area contributed by atoms with E-state index in [1.54, 1.807) is 48.5 Å². The van der Waals surface area contributed by atoms with Crippen LogP contribution in [-0.2, 0) is 10.3 Å². The lowest BCUT2D eigenvalue weighted by atomic mass is 10.2. The van der Waals surface area contributed by atoms with Gasteiger partial charge >= 0.3 is 16.1 Å². The van der Waals surface area contributed by atoms with Gasteiger partial charge in [-0.3, -0.25) is 4.55 Å². The van der Waals surface area contributed by atoms with Crippen molar-refractivity contribution in [2.75, 3.05) is 0 Å². The van der Waals surface area contributed by atoms with Crippen molar-refractivity contribution in [1.82, 2.24) is 4.98 Å². The molecule has 1 aromatic heterocycles. The molecule has 2 aromatic carbocycles. The third-order valence-electron chi connectivity index (χ3n) is 2.86. The van der Waals surface area contributed by atoms with Gasteiger partial charge in [0.15, 0.2) is 11.0 Å². The summed E-state index contributed by atoms with van der Waals surface area (Å²) in [6.07, 6.45) is 0. The molecule has 6 heteroatoms. The highest BCUT2D eigenvalue weighted by molar-refractivity contribution is 7.79. The van der Waals surface area contributed by atoms with Gasteiger partial charge in [-0.2, -0.15) is 8.42 Å². The smallest absolute Gasteiger partial charge is 0.251 e. The molecular formula is C13H11N2O3S+. The van der Waals surface area contributed by atoms with E-state index in [4.69, 9.17) is 0 Å². The van der Waals surface area contributed by atoms with Crippen LogP contribution in [0.4, 0.5) is 0 Å². The summed E-state index contributed by atoms with van der Waals surface area (Å²) in [5.74, 6) is 0.323. The maximum absolute atomic E-state index is 11.6. The summed E-state index contributed by atoms with van der Waals surface area (Å²) in [6.45, 7) is 0. The fourth-order valence-corrected chi connectivity index (χ4v) is 2.87. The summed E-state index contributed by atoms with van der Waals surface area (Å²) in [5, 5.41) is 0. The highest BCUT2D eigenvalue weighted by atomic mass is 32.2. The van der Waals surface area contributed by atoms with E-state index in [0.29, 0.717) is 22.4 Å². The molecule has 0 aliphatic rings. The Bertz CT molecular complexity index is 839. The minimum absolute atomic E-state index is 0.323. The Kier molecular flexibility index (Phi) is 2.62. The van der Waals surface area contributed by atoms with Gasteiger partial charge in [0.25, 0.3) is 0 Å². The van der Waals surface area contributed by atoms with Crippen LogP contribution in [-0.4, -0.2) is 18.0 Å². The summed E-state index contributed by atoms with van der Waals surface area (Å²) < 4.78 is 33.5. The number of para-hydroxylation sites is 2. The number of benzene rings is 2. The second kappa shape index (κ2) is 4.18. The number of imidazole rings is 1. The zero-order valence-electron chi connectivity index (χ0n) is 9.82. The van der Waals surface area contributed by atoms with Crippen LogP contribution >= 0.6 is 0 Å². The molecule has 0 fully saturated rings. The van der Waals surface area contributed by atoms with Gasteiger partial charge in [0.1, 0.15) is 0 Å². The molecule has 0 unspecified atom stereocenters. The minimum Gasteiger partial charge on any atom is -0.251 e. The van der Waals surface area contributed by atoms with Crippen LogP contribution in [0.5, 0.6) is 0 Å². The van der Waals surface area contributed by atoms with Gasteiger partial charge < -0.3 is 0 Å². The fourth-order valence-electron chi connectivity index (χ4n) is 2.08. The van der Waals surface area contributed by atoms with E-state index in [2.05, 4.69) is 4.98 Å². The number of hydrogen-bond acceptors (Lipinski definition) is 2. The van der Waals surface area contributed by atoms with Crippen molar-refractivity contribution in [2.45, 2.75) is 0 Å². The number of hydrogen-bond donors (Lipinski definition) is 2. The van der Waals surface area contributed by atoms with Crippen molar-refractivity contribution in [3.8, 4) is 11.4 Å². The van der Waals surface area contributed by atoms with Crippen molar-refractivity contribution in [1.29, 1.82) is 0 Å². The summed E-state index contributed by atoms with van der Waals surface area (Å²) >= 11 is 0. The molecule has 0 atom stereocenters. The number of H-pyrrole nitrogens is 1. The Labute approximate surface area is 110 Å². The molecular weight excluding hydrogens is 264 g/mol. The van der Waals surface area contributed by atoms with Gasteiger partial charge in [-0.15, -0.1) is 0 Å². The number of aromatic nitrogens is 2. The van der Waals surface area contributed by atoms with Gasteiger partial charge in [-0.1, -0.05) is 34.3 Å². The number of nitrogens with zero attached hydrogens (tertiary/aromatic N) is 1. The van der Waals surface area contributed by atoms with Crippen LogP contribution in [0.3, 0.4) is 0 Å². The van der Waals surface area contributed by atoms with Gasteiger partial charge in [0.2, 0.25) is 0 Å². The first-order chi connectivity index (χ1) is 9.07. The molecule has 0 saturated heterocycles. The standard InChI is InChI=1S/C13H10N2O3S/c16-19(17,18)15-12-9-5-4-8-11(12)14-13(15)10-6-2-1-3-7-10/h1-9H,(H,16,17,18)/p+1. The molecule has 0 bridgehead atoms. The van der Waals surface area contributed by atoms with Crippen molar-refractivity contribution in [2.24, 2.45) is 0 Å². The second-order valence-electron chi connectivity index (χ2n) is 4.10. The van der Waals surface area contributed by atoms with E-state index in [1.807, 2.05) is 6.07 Å². The molecule has 2 N–H and O–H groups in total. The molecule has 0 saturated carbocycles. The molecule has 3 rings (SSSR count). The minimum atomic E-state index is -4.38.